The molecule has 96 valence electrons. The number of aliphatic hydroxyl groups is 1. The summed E-state index contributed by atoms with van der Waals surface area (Å²) in [5.41, 5.74) is 1.41. The van der Waals surface area contributed by atoms with E-state index in [9.17, 15) is 5.11 Å². The lowest BCUT2D eigenvalue weighted by Crippen LogP contribution is -2.34. The van der Waals surface area contributed by atoms with Crippen LogP contribution < -0.4 is 0 Å². The van der Waals surface area contributed by atoms with Crippen LogP contribution in [0.25, 0.3) is 10.1 Å². The Morgan fingerprint density at radius 3 is 3.06 bits per heavy atom. The zero-order chi connectivity index (χ0) is 12.5. The number of likely N-dealkylation sites (tertiary alicyclic amines) is 1. The second kappa shape index (κ2) is 5.00. The molecule has 1 aliphatic rings. The Balaban J connectivity index is 1.84. The highest BCUT2D eigenvalue weighted by Crippen LogP contribution is 2.30. The van der Waals surface area contributed by atoms with Crippen molar-refractivity contribution in [3.05, 3.63) is 35.2 Å². The SMILES string of the molecule is CC1CCN(Cc2csc3ccccc23)C1CO. The van der Waals surface area contributed by atoms with E-state index >= 15 is 0 Å². The monoisotopic (exact) mass is 261 g/mol. The predicted molar refractivity (Wildman–Crippen MR) is 76.9 cm³/mol. The summed E-state index contributed by atoms with van der Waals surface area (Å²) in [4.78, 5) is 2.43. The van der Waals surface area contributed by atoms with Crippen molar-refractivity contribution in [3.63, 3.8) is 0 Å². The van der Waals surface area contributed by atoms with Crippen molar-refractivity contribution >= 4 is 21.4 Å². The van der Waals surface area contributed by atoms with Gasteiger partial charge in [0.1, 0.15) is 0 Å². The van der Waals surface area contributed by atoms with Gasteiger partial charge in [0.15, 0.2) is 0 Å². The molecule has 0 amide bonds. The molecule has 3 rings (SSSR count). The standard InChI is InChI=1S/C15H19NOS/c1-11-6-7-16(14(11)9-17)8-12-10-18-15-5-3-2-4-13(12)15/h2-5,10-11,14,17H,6-9H2,1H3. The van der Waals surface area contributed by atoms with E-state index in [1.54, 1.807) is 0 Å². The van der Waals surface area contributed by atoms with Crippen LogP contribution in [0.3, 0.4) is 0 Å². The Bertz CT molecular complexity index is 536. The Morgan fingerprint density at radius 1 is 1.39 bits per heavy atom. The van der Waals surface area contributed by atoms with E-state index in [4.69, 9.17) is 0 Å². The van der Waals surface area contributed by atoms with Gasteiger partial charge in [0.2, 0.25) is 0 Å². The van der Waals surface area contributed by atoms with Gasteiger partial charge in [-0.05, 0) is 41.3 Å². The average molecular weight is 261 g/mol. The van der Waals surface area contributed by atoms with Crippen LogP contribution in [0.15, 0.2) is 29.6 Å². The maximum absolute atomic E-state index is 9.51. The molecule has 2 aromatic rings. The van der Waals surface area contributed by atoms with E-state index in [-0.39, 0.29) is 6.61 Å². The van der Waals surface area contributed by atoms with Crippen molar-refractivity contribution in [3.8, 4) is 0 Å². The van der Waals surface area contributed by atoms with Crippen LogP contribution in [0.2, 0.25) is 0 Å². The summed E-state index contributed by atoms with van der Waals surface area (Å²) >= 11 is 1.82. The summed E-state index contributed by atoms with van der Waals surface area (Å²) in [7, 11) is 0. The summed E-state index contributed by atoms with van der Waals surface area (Å²) in [6.07, 6.45) is 1.20. The van der Waals surface area contributed by atoms with Gasteiger partial charge in [-0.25, -0.2) is 0 Å². The minimum atomic E-state index is 0.281. The van der Waals surface area contributed by atoms with E-state index in [2.05, 4.69) is 41.5 Å². The molecule has 1 aromatic heterocycles. The average Bonchev–Trinajstić information content (AvgIpc) is 2.95. The highest BCUT2D eigenvalue weighted by atomic mass is 32.1. The molecule has 2 atom stereocenters. The molecule has 1 N–H and O–H groups in total. The molecule has 0 radical (unpaired) electrons. The molecule has 1 aliphatic heterocycles. The zero-order valence-corrected chi connectivity index (χ0v) is 11.5. The Hall–Kier alpha value is -0.900. The fourth-order valence-corrected chi connectivity index (χ4v) is 3.91. The van der Waals surface area contributed by atoms with E-state index in [0.717, 1.165) is 13.1 Å². The first-order valence-corrected chi connectivity index (χ1v) is 7.47. The smallest absolute Gasteiger partial charge is 0.0589 e. The minimum absolute atomic E-state index is 0.281. The number of rotatable bonds is 3. The Morgan fingerprint density at radius 2 is 2.22 bits per heavy atom. The molecule has 2 heterocycles. The number of fused-ring (bicyclic) bond motifs is 1. The van der Waals surface area contributed by atoms with Crippen LogP contribution >= 0.6 is 11.3 Å². The van der Waals surface area contributed by atoms with Crippen molar-refractivity contribution in [1.82, 2.24) is 4.90 Å². The van der Waals surface area contributed by atoms with Crippen molar-refractivity contribution in [2.45, 2.75) is 25.9 Å². The lowest BCUT2D eigenvalue weighted by atomic mass is 10.0. The molecular weight excluding hydrogens is 242 g/mol. The van der Waals surface area contributed by atoms with E-state index in [0.29, 0.717) is 12.0 Å². The van der Waals surface area contributed by atoms with Crippen LogP contribution in [0, 0.1) is 5.92 Å². The Kier molecular flexibility index (Phi) is 3.37. The van der Waals surface area contributed by atoms with Gasteiger partial charge in [-0.3, -0.25) is 4.90 Å². The maximum atomic E-state index is 9.51. The van der Waals surface area contributed by atoms with Gasteiger partial charge in [-0.2, -0.15) is 0 Å². The first-order chi connectivity index (χ1) is 8.79. The van der Waals surface area contributed by atoms with Gasteiger partial charge in [0, 0.05) is 17.3 Å². The molecule has 0 spiro atoms. The summed E-state index contributed by atoms with van der Waals surface area (Å²) in [6, 6.07) is 8.92. The number of hydrogen-bond donors (Lipinski definition) is 1. The van der Waals surface area contributed by atoms with Crippen LogP contribution in [0.1, 0.15) is 18.9 Å². The number of thiophene rings is 1. The van der Waals surface area contributed by atoms with E-state index in [1.165, 1.54) is 22.1 Å². The first kappa shape index (κ1) is 12.2. The fourth-order valence-electron chi connectivity index (χ4n) is 2.95. The summed E-state index contributed by atoms with van der Waals surface area (Å²) in [6.45, 7) is 4.60. The van der Waals surface area contributed by atoms with Gasteiger partial charge in [-0.1, -0.05) is 25.1 Å². The molecular formula is C15H19NOS. The quantitative estimate of drug-likeness (QED) is 0.917. The molecule has 0 saturated carbocycles. The van der Waals surface area contributed by atoms with Crippen LogP contribution in [-0.4, -0.2) is 29.2 Å². The normalized spacial score (nSPS) is 25.0. The fraction of sp³-hybridized carbons (Fsp3) is 0.467. The highest BCUT2D eigenvalue weighted by Gasteiger charge is 2.30. The molecule has 0 aliphatic carbocycles. The van der Waals surface area contributed by atoms with Crippen molar-refractivity contribution < 1.29 is 5.11 Å². The van der Waals surface area contributed by atoms with Gasteiger partial charge in [0.25, 0.3) is 0 Å². The Labute approximate surface area is 112 Å². The summed E-state index contributed by atoms with van der Waals surface area (Å²) in [5.74, 6) is 0.611. The van der Waals surface area contributed by atoms with Crippen LogP contribution in [0.5, 0.6) is 0 Å². The second-order valence-corrected chi connectivity index (χ2v) is 6.15. The predicted octanol–water partition coefficient (Wildman–Crippen LogP) is 3.10. The molecule has 2 nitrogen and oxygen atoms in total. The lowest BCUT2D eigenvalue weighted by molar-refractivity contribution is 0.134. The van der Waals surface area contributed by atoms with Gasteiger partial charge < -0.3 is 5.11 Å². The zero-order valence-electron chi connectivity index (χ0n) is 10.7. The molecule has 0 bridgehead atoms. The molecule has 3 heteroatoms. The van der Waals surface area contributed by atoms with Crippen LogP contribution in [0.4, 0.5) is 0 Å². The first-order valence-electron chi connectivity index (χ1n) is 6.59. The van der Waals surface area contributed by atoms with Crippen molar-refractivity contribution in [2.75, 3.05) is 13.2 Å². The molecule has 1 aromatic carbocycles. The number of nitrogens with zero attached hydrogens (tertiary/aromatic N) is 1. The topological polar surface area (TPSA) is 23.5 Å². The minimum Gasteiger partial charge on any atom is -0.395 e. The van der Waals surface area contributed by atoms with Gasteiger partial charge in [-0.15, -0.1) is 11.3 Å². The third-order valence-corrected chi connectivity index (χ3v) is 5.13. The molecule has 1 fully saturated rings. The van der Waals surface area contributed by atoms with E-state index < -0.39 is 0 Å². The summed E-state index contributed by atoms with van der Waals surface area (Å²) < 4.78 is 1.36. The third kappa shape index (κ3) is 2.07. The molecule has 18 heavy (non-hydrogen) atoms. The van der Waals surface area contributed by atoms with Crippen molar-refractivity contribution in [1.29, 1.82) is 0 Å². The summed E-state index contributed by atoms with van der Waals surface area (Å²) in [5, 5.41) is 13.1. The molecule has 2 unspecified atom stereocenters. The molecule has 1 saturated heterocycles. The van der Waals surface area contributed by atoms with Gasteiger partial charge >= 0.3 is 0 Å². The number of benzene rings is 1. The van der Waals surface area contributed by atoms with Crippen molar-refractivity contribution in [2.24, 2.45) is 5.92 Å². The van der Waals surface area contributed by atoms with E-state index in [1.807, 2.05) is 11.3 Å². The lowest BCUT2D eigenvalue weighted by Gasteiger charge is -2.24. The third-order valence-electron chi connectivity index (χ3n) is 4.12. The van der Waals surface area contributed by atoms with Crippen LogP contribution in [-0.2, 0) is 6.54 Å². The largest absolute Gasteiger partial charge is 0.395 e. The highest BCUT2D eigenvalue weighted by molar-refractivity contribution is 7.17. The number of aliphatic hydroxyl groups excluding tert-OH is 1. The number of hydrogen-bond acceptors (Lipinski definition) is 3. The van der Waals surface area contributed by atoms with Gasteiger partial charge in [0.05, 0.1) is 6.61 Å². The maximum Gasteiger partial charge on any atom is 0.0589 e. The second-order valence-electron chi connectivity index (χ2n) is 5.24.